The Morgan fingerprint density at radius 1 is 1.41 bits per heavy atom. The Bertz CT molecular complexity index is 349. The quantitative estimate of drug-likeness (QED) is 0.775. The minimum atomic E-state index is -4.34. The number of anilines is 1. The lowest BCUT2D eigenvalue weighted by molar-refractivity contribution is -0.137. The highest BCUT2D eigenvalue weighted by atomic mass is 35.5. The summed E-state index contributed by atoms with van der Waals surface area (Å²) < 4.78 is 36.9. The topological polar surface area (TPSA) is 16.1 Å². The van der Waals surface area contributed by atoms with Gasteiger partial charge in [-0.2, -0.15) is 13.2 Å². The summed E-state index contributed by atoms with van der Waals surface area (Å²) in [4.78, 5) is 5.56. The summed E-state index contributed by atoms with van der Waals surface area (Å²) in [6, 6.07) is 2.39. The summed E-state index contributed by atoms with van der Waals surface area (Å²) in [5.74, 6) is 0.510. The predicted octanol–water partition coefficient (Wildman–Crippen LogP) is 3.55. The largest absolute Gasteiger partial charge is 0.417 e. The predicted molar refractivity (Wildman–Crippen MR) is 62.4 cm³/mol. The molecule has 6 heteroatoms. The number of hydrogen-bond acceptors (Lipinski definition) is 2. The molecule has 1 unspecified atom stereocenters. The van der Waals surface area contributed by atoms with Crippen LogP contribution in [0.4, 0.5) is 19.0 Å². The number of alkyl halides is 4. The van der Waals surface area contributed by atoms with Crippen LogP contribution < -0.4 is 4.90 Å². The molecule has 0 aromatic carbocycles. The van der Waals surface area contributed by atoms with Crippen molar-refractivity contribution < 1.29 is 13.2 Å². The molecule has 0 spiro atoms. The number of pyridine rings is 1. The zero-order valence-corrected chi connectivity index (χ0v) is 10.4. The van der Waals surface area contributed by atoms with Crippen LogP contribution >= 0.6 is 11.6 Å². The molecule has 96 valence electrons. The van der Waals surface area contributed by atoms with E-state index in [9.17, 15) is 13.2 Å². The lowest BCUT2D eigenvalue weighted by Gasteiger charge is -2.19. The molecule has 0 saturated carbocycles. The van der Waals surface area contributed by atoms with E-state index >= 15 is 0 Å². The summed E-state index contributed by atoms with van der Waals surface area (Å²) in [5.41, 5.74) is -0.736. The van der Waals surface area contributed by atoms with E-state index in [0.717, 1.165) is 18.7 Å². The molecule has 1 aromatic heterocycles. The van der Waals surface area contributed by atoms with Gasteiger partial charge < -0.3 is 4.90 Å². The van der Waals surface area contributed by atoms with Gasteiger partial charge in [-0.25, -0.2) is 4.98 Å². The lowest BCUT2D eigenvalue weighted by atomic mass is 10.2. The molecule has 1 heterocycles. The van der Waals surface area contributed by atoms with Gasteiger partial charge in [0.2, 0.25) is 0 Å². The number of nitrogens with zero attached hydrogens (tertiary/aromatic N) is 2. The minimum absolute atomic E-state index is 0.0342. The second kappa shape index (κ2) is 5.58. The Hall–Kier alpha value is -0.970. The van der Waals surface area contributed by atoms with Crippen molar-refractivity contribution in [3.8, 4) is 0 Å². The first-order chi connectivity index (χ1) is 7.80. The molecule has 0 bridgehead atoms. The van der Waals surface area contributed by atoms with Gasteiger partial charge in [0.15, 0.2) is 0 Å². The highest BCUT2D eigenvalue weighted by molar-refractivity contribution is 6.20. The smallest absolute Gasteiger partial charge is 0.360 e. The van der Waals surface area contributed by atoms with Crippen molar-refractivity contribution in [2.75, 3.05) is 18.5 Å². The monoisotopic (exact) mass is 266 g/mol. The first-order valence-electron chi connectivity index (χ1n) is 5.19. The number of rotatable bonds is 4. The third kappa shape index (κ3) is 4.42. The second-order valence-corrected chi connectivity index (χ2v) is 4.64. The van der Waals surface area contributed by atoms with Crippen molar-refractivity contribution in [2.45, 2.75) is 24.9 Å². The molecule has 17 heavy (non-hydrogen) atoms. The molecule has 0 aliphatic carbocycles. The van der Waals surface area contributed by atoms with Crippen LogP contribution in [0.3, 0.4) is 0 Å². The van der Waals surface area contributed by atoms with Crippen LogP contribution in [-0.4, -0.2) is 24.0 Å². The van der Waals surface area contributed by atoms with Gasteiger partial charge in [-0.1, -0.05) is 0 Å². The van der Waals surface area contributed by atoms with E-state index in [0.29, 0.717) is 12.4 Å². The molecule has 0 aliphatic heterocycles. The van der Waals surface area contributed by atoms with Gasteiger partial charge in [0.1, 0.15) is 5.82 Å². The summed E-state index contributed by atoms with van der Waals surface area (Å²) in [6.07, 6.45) is -2.74. The molecule has 1 aromatic rings. The third-order valence-electron chi connectivity index (χ3n) is 2.33. The Morgan fingerprint density at radius 2 is 2.06 bits per heavy atom. The van der Waals surface area contributed by atoms with Crippen LogP contribution in [-0.2, 0) is 6.18 Å². The SMILES string of the molecule is CC(Cl)CCN(C)c1ccc(C(F)(F)F)cn1. The fourth-order valence-corrected chi connectivity index (χ4v) is 1.36. The summed E-state index contributed by atoms with van der Waals surface area (Å²) in [6.45, 7) is 2.53. The minimum Gasteiger partial charge on any atom is -0.360 e. The maximum Gasteiger partial charge on any atom is 0.417 e. The highest BCUT2D eigenvalue weighted by Crippen LogP contribution is 2.29. The van der Waals surface area contributed by atoms with Crippen molar-refractivity contribution >= 4 is 17.4 Å². The van der Waals surface area contributed by atoms with Crippen LogP contribution in [0.1, 0.15) is 18.9 Å². The number of halogens is 4. The molecule has 2 nitrogen and oxygen atoms in total. The van der Waals surface area contributed by atoms with Gasteiger partial charge >= 0.3 is 6.18 Å². The molecular formula is C11H14ClF3N2. The normalized spacial score (nSPS) is 13.5. The third-order valence-corrected chi connectivity index (χ3v) is 2.55. The molecule has 0 aliphatic rings. The molecule has 1 rings (SSSR count). The van der Waals surface area contributed by atoms with E-state index < -0.39 is 11.7 Å². The van der Waals surface area contributed by atoms with Gasteiger partial charge in [0, 0.05) is 25.2 Å². The first kappa shape index (κ1) is 14.1. The van der Waals surface area contributed by atoms with Crippen molar-refractivity contribution in [3.05, 3.63) is 23.9 Å². The van der Waals surface area contributed by atoms with Crippen LogP contribution in [0.2, 0.25) is 0 Å². The lowest BCUT2D eigenvalue weighted by Crippen LogP contribution is -2.21. The maximum absolute atomic E-state index is 12.3. The van der Waals surface area contributed by atoms with Crippen LogP contribution in [0.5, 0.6) is 0 Å². The molecule has 0 amide bonds. The van der Waals surface area contributed by atoms with Crippen molar-refractivity contribution in [3.63, 3.8) is 0 Å². The van der Waals surface area contributed by atoms with E-state index in [2.05, 4.69) is 4.98 Å². The average molecular weight is 267 g/mol. The van der Waals surface area contributed by atoms with Gasteiger partial charge in [-0.05, 0) is 25.5 Å². The van der Waals surface area contributed by atoms with Crippen LogP contribution in [0, 0.1) is 0 Å². The molecule has 1 atom stereocenters. The maximum atomic E-state index is 12.3. The van der Waals surface area contributed by atoms with E-state index in [1.54, 1.807) is 11.9 Å². The zero-order chi connectivity index (χ0) is 13.1. The van der Waals surface area contributed by atoms with E-state index in [-0.39, 0.29) is 5.38 Å². The van der Waals surface area contributed by atoms with Gasteiger partial charge in [-0.15, -0.1) is 11.6 Å². The summed E-state index contributed by atoms with van der Waals surface area (Å²) in [7, 11) is 1.77. The molecular weight excluding hydrogens is 253 g/mol. The van der Waals surface area contributed by atoms with Crippen molar-refractivity contribution in [1.29, 1.82) is 0 Å². The summed E-state index contributed by atoms with van der Waals surface area (Å²) in [5, 5.41) is 0.0342. The van der Waals surface area contributed by atoms with Gasteiger partial charge in [-0.3, -0.25) is 0 Å². The van der Waals surface area contributed by atoms with E-state index in [4.69, 9.17) is 11.6 Å². The first-order valence-corrected chi connectivity index (χ1v) is 5.63. The standard InChI is InChI=1S/C11H14ClF3N2/c1-8(12)5-6-17(2)10-4-3-9(7-16-10)11(13,14)15/h3-4,7-8H,5-6H2,1-2H3. The second-order valence-electron chi connectivity index (χ2n) is 3.89. The van der Waals surface area contributed by atoms with Crippen molar-refractivity contribution in [2.24, 2.45) is 0 Å². The Balaban J connectivity index is 2.67. The molecule has 0 radical (unpaired) electrons. The fourth-order valence-electron chi connectivity index (χ4n) is 1.27. The average Bonchev–Trinajstić information content (AvgIpc) is 2.25. The molecule has 0 N–H and O–H groups in total. The van der Waals surface area contributed by atoms with Gasteiger partial charge in [0.25, 0.3) is 0 Å². The fraction of sp³-hybridized carbons (Fsp3) is 0.545. The van der Waals surface area contributed by atoms with E-state index in [1.165, 1.54) is 6.07 Å². The Labute approximate surface area is 103 Å². The van der Waals surface area contributed by atoms with Gasteiger partial charge in [0.05, 0.1) is 5.56 Å². The zero-order valence-electron chi connectivity index (χ0n) is 9.63. The van der Waals surface area contributed by atoms with Crippen LogP contribution in [0.15, 0.2) is 18.3 Å². The van der Waals surface area contributed by atoms with Crippen molar-refractivity contribution in [1.82, 2.24) is 4.98 Å². The van der Waals surface area contributed by atoms with Crippen LogP contribution in [0.25, 0.3) is 0 Å². The number of hydrogen-bond donors (Lipinski definition) is 0. The Kier molecular flexibility index (Phi) is 4.62. The summed E-state index contributed by atoms with van der Waals surface area (Å²) >= 11 is 5.80. The Morgan fingerprint density at radius 3 is 2.47 bits per heavy atom. The highest BCUT2D eigenvalue weighted by Gasteiger charge is 2.30. The number of aromatic nitrogens is 1. The molecule has 0 fully saturated rings. The van der Waals surface area contributed by atoms with E-state index in [1.807, 2.05) is 6.92 Å². The molecule has 0 saturated heterocycles.